The average Bonchev–Trinajstić information content (AvgIpc) is 2.83. The van der Waals surface area contributed by atoms with E-state index in [0.717, 1.165) is 11.5 Å². The predicted octanol–water partition coefficient (Wildman–Crippen LogP) is 2.34. The Morgan fingerprint density at radius 3 is 2.68 bits per heavy atom. The molecular formula is C16H21FN4O. The standard InChI is InChI=1S/C16H21FN4O/c1-11-12(2)22-15(21-11)10-20-16(18-3)19-9-8-13-6-4-5-7-14(13)17/h4-7H,8-10H2,1-3H3,(H2,18,19,20). The Labute approximate surface area is 129 Å². The van der Waals surface area contributed by atoms with Crippen molar-refractivity contribution in [3.05, 3.63) is 53.0 Å². The van der Waals surface area contributed by atoms with E-state index in [9.17, 15) is 4.39 Å². The molecule has 0 radical (unpaired) electrons. The number of rotatable bonds is 5. The third-order valence-corrected chi connectivity index (χ3v) is 3.35. The summed E-state index contributed by atoms with van der Waals surface area (Å²) in [4.78, 5) is 8.41. The minimum Gasteiger partial charge on any atom is -0.444 e. The first-order valence-electron chi connectivity index (χ1n) is 7.21. The molecule has 5 nitrogen and oxygen atoms in total. The summed E-state index contributed by atoms with van der Waals surface area (Å²) in [5, 5.41) is 6.26. The molecule has 0 saturated carbocycles. The Balaban J connectivity index is 1.79. The molecule has 0 aliphatic heterocycles. The van der Waals surface area contributed by atoms with E-state index in [2.05, 4.69) is 20.6 Å². The number of aromatic nitrogens is 1. The van der Waals surface area contributed by atoms with Crippen molar-refractivity contribution in [1.29, 1.82) is 0 Å². The zero-order valence-electron chi connectivity index (χ0n) is 13.1. The fourth-order valence-electron chi connectivity index (χ4n) is 2.01. The van der Waals surface area contributed by atoms with Gasteiger partial charge in [-0.3, -0.25) is 4.99 Å². The maximum Gasteiger partial charge on any atom is 0.214 e. The quantitative estimate of drug-likeness (QED) is 0.657. The van der Waals surface area contributed by atoms with Gasteiger partial charge in [0.1, 0.15) is 11.6 Å². The van der Waals surface area contributed by atoms with Crippen LogP contribution in [0.1, 0.15) is 22.9 Å². The number of halogens is 1. The van der Waals surface area contributed by atoms with Crippen molar-refractivity contribution in [2.24, 2.45) is 4.99 Å². The summed E-state index contributed by atoms with van der Waals surface area (Å²) in [6.45, 7) is 4.83. The Kier molecular flexibility index (Phi) is 5.52. The van der Waals surface area contributed by atoms with Gasteiger partial charge in [0.05, 0.1) is 12.2 Å². The summed E-state index contributed by atoms with van der Waals surface area (Å²) >= 11 is 0. The van der Waals surface area contributed by atoms with E-state index in [4.69, 9.17) is 4.42 Å². The monoisotopic (exact) mass is 304 g/mol. The summed E-state index contributed by atoms with van der Waals surface area (Å²) in [6.07, 6.45) is 0.588. The summed E-state index contributed by atoms with van der Waals surface area (Å²) in [5.41, 5.74) is 1.57. The maximum absolute atomic E-state index is 13.5. The van der Waals surface area contributed by atoms with Gasteiger partial charge in [-0.15, -0.1) is 0 Å². The molecule has 2 aromatic rings. The highest BCUT2D eigenvalue weighted by Gasteiger charge is 2.06. The van der Waals surface area contributed by atoms with Crippen LogP contribution in [0.3, 0.4) is 0 Å². The van der Waals surface area contributed by atoms with Crippen LogP contribution >= 0.6 is 0 Å². The largest absolute Gasteiger partial charge is 0.444 e. The van der Waals surface area contributed by atoms with Crippen LogP contribution in [0.2, 0.25) is 0 Å². The number of nitrogens with one attached hydrogen (secondary N) is 2. The molecule has 0 bridgehead atoms. The number of aliphatic imine (C=N–C) groups is 1. The van der Waals surface area contributed by atoms with E-state index in [1.165, 1.54) is 6.07 Å². The fourth-order valence-corrected chi connectivity index (χ4v) is 2.01. The third kappa shape index (κ3) is 4.31. The molecule has 1 aromatic heterocycles. The first-order valence-corrected chi connectivity index (χ1v) is 7.21. The van der Waals surface area contributed by atoms with Crippen LogP contribution in [-0.2, 0) is 13.0 Å². The Hall–Kier alpha value is -2.37. The first-order chi connectivity index (χ1) is 10.6. The van der Waals surface area contributed by atoms with Crippen molar-refractivity contribution in [3.8, 4) is 0 Å². The smallest absolute Gasteiger partial charge is 0.214 e. The molecule has 1 aromatic carbocycles. The van der Waals surface area contributed by atoms with E-state index >= 15 is 0 Å². The van der Waals surface area contributed by atoms with Crippen LogP contribution in [0.15, 0.2) is 33.7 Å². The molecule has 0 aliphatic carbocycles. The first kappa shape index (κ1) is 16.0. The van der Waals surface area contributed by atoms with Gasteiger partial charge < -0.3 is 15.1 Å². The molecule has 0 unspecified atom stereocenters. The van der Waals surface area contributed by atoms with E-state index in [-0.39, 0.29) is 5.82 Å². The van der Waals surface area contributed by atoms with Crippen LogP contribution in [0.25, 0.3) is 0 Å². The van der Waals surface area contributed by atoms with Gasteiger partial charge >= 0.3 is 0 Å². The highest BCUT2D eigenvalue weighted by Crippen LogP contribution is 2.08. The fraction of sp³-hybridized carbons (Fsp3) is 0.375. The van der Waals surface area contributed by atoms with Crippen LogP contribution in [0.4, 0.5) is 4.39 Å². The third-order valence-electron chi connectivity index (χ3n) is 3.35. The molecule has 0 atom stereocenters. The molecule has 22 heavy (non-hydrogen) atoms. The number of hydrogen-bond donors (Lipinski definition) is 2. The van der Waals surface area contributed by atoms with E-state index < -0.39 is 0 Å². The number of hydrogen-bond acceptors (Lipinski definition) is 3. The minimum atomic E-state index is -0.182. The number of aryl methyl sites for hydroxylation is 2. The molecule has 0 saturated heterocycles. The van der Waals surface area contributed by atoms with Gasteiger partial charge in [0, 0.05) is 13.6 Å². The maximum atomic E-state index is 13.5. The minimum absolute atomic E-state index is 0.182. The molecule has 0 aliphatic rings. The molecule has 2 N–H and O–H groups in total. The Morgan fingerprint density at radius 2 is 2.05 bits per heavy atom. The number of benzene rings is 1. The van der Waals surface area contributed by atoms with Crippen molar-refractivity contribution in [3.63, 3.8) is 0 Å². The lowest BCUT2D eigenvalue weighted by molar-refractivity contribution is 0.463. The van der Waals surface area contributed by atoms with Gasteiger partial charge in [0.15, 0.2) is 5.96 Å². The second-order valence-electron chi connectivity index (χ2n) is 4.94. The van der Waals surface area contributed by atoms with Crippen molar-refractivity contribution < 1.29 is 8.81 Å². The van der Waals surface area contributed by atoms with Gasteiger partial charge in [0.2, 0.25) is 5.89 Å². The summed E-state index contributed by atoms with van der Waals surface area (Å²) < 4.78 is 19.0. The number of oxazole rings is 1. The van der Waals surface area contributed by atoms with Gasteiger partial charge in [-0.2, -0.15) is 0 Å². The number of guanidine groups is 1. The van der Waals surface area contributed by atoms with Gasteiger partial charge in [-0.1, -0.05) is 18.2 Å². The average molecular weight is 304 g/mol. The predicted molar refractivity (Wildman–Crippen MR) is 84.3 cm³/mol. The van der Waals surface area contributed by atoms with Gasteiger partial charge in [-0.25, -0.2) is 9.37 Å². The summed E-state index contributed by atoms with van der Waals surface area (Å²) in [7, 11) is 1.69. The molecule has 0 fully saturated rings. The molecule has 0 spiro atoms. The lowest BCUT2D eigenvalue weighted by Crippen LogP contribution is -2.38. The van der Waals surface area contributed by atoms with Crippen LogP contribution < -0.4 is 10.6 Å². The van der Waals surface area contributed by atoms with Gasteiger partial charge in [0.25, 0.3) is 0 Å². The summed E-state index contributed by atoms with van der Waals surface area (Å²) in [5.74, 6) is 1.88. The molecule has 0 amide bonds. The van der Waals surface area contributed by atoms with Gasteiger partial charge in [-0.05, 0) is 31.9 Å². The second kappa shape index (κ2) is 7.59. The van der Waals surface area contributed by atoms with Crippen molar-refractivity contribution in [1.82, 2.24) is 15.6 Å². The van der Waals surface area contributed by atoms with E-state index in [1.807, 2.05) is 19.9 Å². The van der Waals surface area contributed by atoms with Crippen LogP contribution in [-0.4, -0.2) is 24.5 Å². The molecule has 6 heteroatoms. The van der Waals surface area contributed by atoms with Crippen LogP contribution in [0, 0.1) is 19.7 Å². The number of nitrogens with zero attached hydrogens (tertiary/aromatic N) is 2. The SMILES string of the molecule is CN=C(NCCc1ccccc1F)NCc1nc(C)c(C)o1. The van der Waals surface area contributed by atoms with Crippen molar-refractivity contribution in [2.75, 3.05) is 13.6 Å². The lowest BCUT2D eigenvalue weighted by Gasteiger charge is -2.10. The zero-order chi connectivity index (χ0) is 15.9. The molecule has 2 rings (SSSR count). The van der Waals surface area contributed by atoms with Crippen molar-refractivity contribution in [2.45, 2.75) is 26.8 Å². The summed E-state index contributed by atoms with van der Waals surface area (Å²) in [6, 6.07) is 6.77. The van der Waals surface area contributed by atoms with E-state index in [1.54, 1.807) is 19.2 Å². The highest BCUT2D eigenvalue weighted by atomic mass is 19.1. The molecular weight excluding hydrogens is 283 g/mol. The Morgan fingerprint density at radius 1 is 1.27 bits per heavy atom. The molecule has 1 heterocycles. The van der Waals surface area contributed by atoms with Crippen LogP contribution in [0.5, 0.6) is 0 Å². The highest BCUT2D eigenvalue weighted by molar-refractivity contribution is 5.79. The lowest BCUT2D eigenvalue weighted by atomic mass is 10.1. The topological polar surface area (TPSA) is 62.5 Å². The Bertz CT molecular complexity index is 632. The zero-order valence-corrected chi connectivity index (χ0v) is 13.1. The molecule has 118 valence electrons. The van der Waals surface area contributed by atoms with E-state index in [0.29, 0.717) is 36.9 Å². The second-order valence-corrected chi connectivity index (χ2v) is 4.94. The van der Waals surface area contributed by atoms with Crippen molar-refractivity contribution >= 4 is 5.96 Å². The normalized spacial score (nSPS) is 11.5.